The number of benzene rings is 1. The van der Waals surface area contributed by atoms with Gasteiger partial charge in [0, 0.05) is 48.6 Å². The fourth-order valence-electron chi connectivity index (χ4n) is 4.13. The van der Waals surface area contributed by atoms with Crippen molar-refractivity contribution >= 4 is 28.8 Å². The number of rotatable bonds is 6. The molecule has 2 atom stereocenters. The maximum absolute atomic E-state index is 13.9. The molecule has 1 saturated heterocycles. The average molecular weight is 510 g/mol. The highest BCUT2D eigenvalue weighted by Gasteiger charge is 2.41. The van der Waals surface area contributed by atoms with Crippen molar-refractivity contribution in [1.29, 1.82) is 0 Å². The lowest BCUT2D eigenvalue weighted by atomic mass is 9.97. The van der Waals surface area contributed by atoms with E-state index in [2.05, 4.69) is 20.3 Å². The standard InChI is InChI=1S/C23H23ClF3N5OS/c1-13-8-23(26,27)5-6-32(13)19(20-12-28-14(2)34-20)11-31-22(33)17-7-15(3-4-18(17)24)21-29-9-16(25)10-30-21/h3-4,7,9-10,12-13,19H,5-6,8,11H2,1-2H3,(H,31,33). The zero-order chi connectivity index (χ0) is 24.5. The van der Waals surface area contributed by atoms with Gasteiger partial charge in [-0.25, -0.2) is 28.1 Å². The fraction of sp³-hybridized carbons (Fsp3) is 0.391. The minimum Gasteiger partial charge on any atom is -0.350 e. The topological polar surface area (TPSA) is 71.0 Å². The van der Waals surface area contributed by atoms with Gasteiger partial charge < -0.3 is 5.32 Å². The summed E-state index contributed by atoms with van der Waals surface area (Å²) in [5, 5.41) is 3.99. The number of carbonyl (C=O) groups excluding carboxylic acids is 1. The first-order chi connectivity index (χ1) is 16.1. The molecule has 11 heteroatoms. The van der Waals surface area contributed by atoms with Crippen LogP contribution in [0.2, 0.25) is 5.02 Å². The second-order valence-corrected chi connectivity index (χ2v) is 10.00. The number of hydrogen-bond acceptors (Lipinski definition) is 6. The number of thiazole rings is 1. The van der Waals surface area contributed by atoms with Crippen molar-refractivity contribution in [3.05, 3.63) is 63.1 Å². The first kappa shape index (κ1) is 24.6. The third-order valence-electron chi connectivity index (χ3n) is 5.81. The number of hydrogen-bond donors (Lipinski definition) is 1. The molecule has 2 unspecified atom stereocenters. The Morgan fingerprint density at radius 2 is 2.03 bits per heavy atom. The van der Waals surface area contributed by atoms with Crippen LogP contribution >= 0.6 is 22.9 Å². The van der Waals surface area contributed by atoms with Crippen LogP contribution in [0.25, 0.3) is 11.4 Å². The number of amides is 1. The average Bonchev–Trinajstić information content (AvgIpc) is 3.21. The van der Waals surface area contributed by atoms with Gasteiger partial charge in [0.1, 0.15) is 0 Å². The van der Waals surface area contributed by atoms with Crippen LogP contribution in [-0.4, -0.2) is 50.8 Å². The molecule has 0 radical (unpaired) electrons. The summed E-state index contributed by atoms with van der Waals surface area (Å²) in [6.45, 7) is 4.06. The molecule has 34 heavy (non-hydrogen) atoms. The first-order valence-electron chi connectivity index (χ1n) is 10.7. The molecule has 1 aromatic carbocycles. The lowest BCUT2D eigenvalue weighted by molar-refractivity contribution is -0.0841. The summed E-state index contributed by atoms with van der Waals surface area (Å²) in [5.74, 6) is -3.42. The lowest BCUT2D eigenvalue weighted by Gasteiger charge is -2.42. The monoisotopic (exact) mass is 509 g/mol. The highest BCUT2D eigenvalue weighted by atomic mass is 35.5. The smallest absolute Gasteiger partial charge is 0.252 e. The first-order valence-corrected chi connectivity index (χ1v) is 11.9. The maximum atomic E-state index is 13.9. The van der Waals surface area contributed by atoms with Gasteiger partial charge in [-0.3, -0.25) is 9.69 Å². The SMILES string of the molecule is Cc1ncc(C(CNC(=O)c2cc(-c3ncc(F)cn3)ccc2Cl)N2CCC(F)(F)CC2C)s1. The quantitative estimate of drug-likeness (QED) is 0.489. The minimum absolute atomic E-state index is 0.198. The Kier molecular flexibility index (Phi) is 7.20. The van der Waals surface area contributed by atoms with Crippen LogP contribution in [0.1, 0.15) is 46.0 Å². The fourth-order valence-corrected chi connectivity index (χ4v) is 5.24. The van der Waals surface area contributed by atoms with Gasteiger partial charge in [-0.05, 0) is 32.0 Å². The van der Waals surface area contributed by atoms with Gasteiger partial charge in [0.05, 0.1) is 34.0 Å². The molecule has 180 valence electrons. The predicted molar refractivity (Wildman–Crippen MR) is 125 cm³/mol. The largest absolute Gasteiger partial charge is 0.350 e. The van der Waals surface area contributed by atoms with Gasteiger partial charge in [0.2, 0.25) is 0 Å². The number of aromatic nitrogens is 3. The van der Waals surface area contributed by atoms with Crippen molar-refractivity contribution in [3.63, 3.8) is 0 Å². The highest BCUT2D eigenvalue weighted by Crippen LogP contribution is 2.37. The number of piperidine rings is 1. The van der Waals surface area contributed by atoms with Gasteiger partial charge in [-0.1, -0.05) is 11.6 Å². The van der Waals surface area contributed by atoms with Crippen molar-refractivity contribution in [2.24, 2.45) is 0 Å². The van der Waals surface area contributed by atoms with Gasteiger partial charge >= 0.3 is 0 Å². The molecule has 0 spiro atoms. The predicted octanol–water partition coefficient (Wildman–Crippen LogP) is 5.29. The van der Waals surface area contributed by atoms with E-state index in [-0.39, 0.29) is 54.4 Å². The molecule has 6 nitrogen and oxygen atoms in total. The normalized spacial score (nSPS) is 19.1. The van der Waals surface area contributed by atoms with E-state index in [4.69, 9.17) is 11.6 Å². The van der Waals surface area contributed by atoms with Crippen molar-refractivity contribution < 1.29 is 18.0 Å². The van der Waals surface area contributed by atoms with E-state index in [0.29, 0.717) is 5.56 Å². The molecule has 1 N–H and O–H groups in total. The van der Waals surface area contributed by atoms with Crippen molar-refractivity contribution in [2.45, 2.75) is 44.7 Å². The van der Waals surface area contributed by atoms with E-state index in [1.54, 1.807) is 31.3 Å². The maximum Gasteiger partial charge on any atom is 0.252 e. The Morgan fingerprint density at radius 3 is 2.68 bits per heavy atom. The van der Waals surface area contributed by atoms with Crippen LogP contribution in [-0.2, 0) is 0 Å². The summed E-state index contributed by atoms with van der Waals surface area (Å²) >= 11 is 7.76. The summed E-state index contributed by atoms with van der Waals surface area (Å²) in [5.41, 5.74) is 0.723. The molecule has 1 fully saturated rings. The highest BCUT2D eigenvalue weighted by molar-refractivity contribution is 7.11. The van der Waals surface area contributed by atoms with Crippen LogP contribution < -0.4 is 5.32 Å². The number of aryl methyl sites for hydroxylation is 1. The van der Waals surface area contributed by atoms with E-state index >= 15 is 0 Å². The van der Waals surface area contributed by atoms with Crippen LogP contribution in [0, 0.1) is 12.7 Å². The third kappa shape index (κ3) is 5.56. The number of halogens is 4. The molecular formula is C23H23ClF3N5OS. The Balaban J connectivity index is 1.54. The molecular weight excluding hydrogens is 487 g/mol. The third-order valence-corrected chi connectivity index (χ3v) is 7.15. The molecule has 1 aliphatic heterocycles. The van der Waals surface area contributed by atoms with Gasteiger partial charge in [0.25, 0.3) is 11.8 Å². The Labute approximate surface area is 204 Å². The molecule has 3 heterocycles. The van der Waals surface area contributed by atoms with E-state index in [1.807, 2.05) is 11.8 Å². The van der Waals surface area contributed by atoms with Crippen LogP contribution in [0.15, 0.2) is 36.8 Å². The van der Waals surface area contributed by atoms with Crippen molar-refractivity contribution in [1.82, 2.24) is 25.2 Å². The Bertz CT molecular complexity index is 1170. The molecule has 0 saturated carbocycles. The second-order valence-electron chi connectivity index (χ2n) is 8.32. The zero-order valence-electron chi connectivity index (χ0n) is 18.6. The molecule has 1 amide bonds. The molecule has 2 aromatic heterocycles. The summed E-state index contributed by atoms with van der Waals surface area (Å²) in [4.78, 5) is 28.1. The van der Waals surface area contributed by atoms with Crippen molar-refractivity contribution in [2.75, 3.05) is 13.1 Å². The summed E-state index contributed by atoms with van der Waals surface area (Å²) in [7, 11) is 0. The minimum atomic E-state index is -2.69. The zero-order valence-corrected chi connectivity index (χ0v) is 20.1. The summed E-state index contributed by atoms with van der Waals surface area (Å²) in [6.07, 6.45) is 3.35. The van der Waals surface area contributed by atoms with Gasteiger partial charge in [0.15, 0.2) is 11.6 Å². The molecule has 4 rings (SSSR count). The Hall–Kier alpha value is -2.56. The van der Waals surface area contributed by atoms with E-state index < -0.39 is 17.6 Å². The van der Waals surface area contributed by atoms with Crippen LogP contribution in [0.3, 0.4) is 0 Å². The molecule has 0 bridgehead atoms. The van der Waals surface area contributed by atoms with E-state index in [9.17, 15) is 18.0 Å². The number of nitrogens with zero attached hydrogens (tertiary/aromatic N) is 4. The molecule has 0 aliphatic carbocycles. The van der Waals surface area contributed by atoms with Crippen LogP contribution in [0.5, 0.6) is 0 Å². The summed E-state index contributed by atoms with van der Waals surface area (Å²) in [6, 6.07) is 4.07. The number of carbonyl (C=O) groups is 1. The Morgan fingerprint density at radius 1 is 1.29 bits per heavy atom. The summed E-state index contributed by atoms with van der Waals surface area (Å²) < 4.78 is 41.0. The second kappa shape index (κ2) is 9.97. The van der Waals surface area contributed by atoms with E-state index in [1.165, 1.54) is 11.3 Å². The molecule has 1 aliphatic rings. The molecule has 3 aromatic rings. The van der Waals surface area contributed by atoms with Gasteiger partial charge in [-0.15, -0.1) is 11.3 Å². The van der Waals surface area contributed by atoms with Crippen molar-refractivity contribution in [3.8, 4) is 11.4 Å². The number of likely N-dealkylation sites (tertiary alicyclic amines) is 1. The van der Waals surface area contributed by atoms with Crippen LogP contribution in [0.4, 0.5) is 13.2 Å². The lowest BCUT2D eigenvalue weighted by Crippen LogP contribution is -2.49. The van der Waals surface area contributed by atoms with Gasteiger partial charge in [-0.2, -0.15) is 0 Å². The number of nitrogens with one attached hydrogen (secondary N) is 1. The van der Waals surface area contributed by atoms with E-state index in [0.717, 1.165) is 22.3 Å². The number of alkyl halides is 2.